The summed E-state index contributed by atoms with van der Waals surface area (Å²) in [6, 6.07) is 9.10. The molecule has 13 nitrogen and oxygen atoms in total. The molecule has 18 heteroatoms. The maximum atomic E-state index is 12.1. The summed E-state index contributed by atoms with van der Waals surface area (Å²) in [5.41, 5.74) is 1.06. The van der Waals surface area contributed by atoms with Gasteiger partial charge < -0.3 is 20.0 Å². The standard InChI is InChI=1S/C29H32Cl2N6O7S.2K/c1-6-17(8-7-9-25(39)44-40)18-10-11-23(24(12-18)33-16(2)38)34-35-28-20(15-32)27(29(3,4)5)36-37(28)26-21(30)13-19(14-22(26)31)45(41,42)43;;/h10-14,17,40H,6-9H2,1-5H3,(H,33,38)(H,41,42,43);;/q;2*+1/p-2. The van der Waals surface area contributed by atoms with Crippen molar-refractivity contribution in [2.45, 2.75) is 76.5 Å². The zero-order valence-electron chi connectivity index (χ0n) is 27.1. The Balaban J connectivity index is 0.00000552. The topological polar surface area (TPSA) is 202 Å². The van der Waals surface area contributed by atoms with Crippen LogP contribution >= 0.6 is 23.2 Å². The Kier molecular flexibility index (Phi) is 18.1. The van der Waals surface area contributed by atoms with Gasteiger partial charge >= 0.3 is 103 Å². The number of carbonyl (C=O) groups is 2. The van der Waals surface area contributed by atoms with Crippen molar-refractivity contribution < 1.29 is 135 Å². The van der Waals surface area contributed by atoms with Crippen LogP contribution < -0.4 is 113 Å². The Morgan fingerprint density at radius 2 is 1.77 bits per heavy atom. The number of amides is 1. The Morgan fingerprint density at radius 3 is 2.26 bits per heavy atom. The Morgan fingerprint density at radius 1 is 1.15 bits per heavy atom. The van der Waals surface area contributed by atoms with E-state index in [9.17, 15) is 33.1 Å². The van der Waals surface area contributed by atoms with Crippen molar-refractivity contribution in [1.29, 1.82) is 5.26 Å². The van der Waals surface area contributed by atoms with Gasteiger partial charge in [-0.05, 0) is 55.0 Å². The molecule has 1 aromatic heterocycles. The van der Waals surface area contributed by atoms with Crippen LogP contribution in [-0.4, -0.2) is 34.6 Å². The number of azo groups is 1. The second-order valence-electron chi connectivity index (χ2n) is 11.1. The summed E-state index contributed by atoms with van der Waals surface area (Å²) < 4.78 is 36.0. The average molecular weight is 756 g/mol. The smallest absolute Gasteiger partial charge is 0.744 e. The number of halogens is 2. The number of carbonyl (C=O) groups excluding carboxylic acids is 2. The first-order valence-electron chi connectivity index (χ1n) is 13.7. The number of hydrogen-bond donors (Lipinski definition) is 1. The van der Waals surface area contributed by atoms with Crippen LogP contribution in [-0.2, 0) is 30.0 Å². The molecule has 0 fully saturated rings. The van der Waals surface area contributed by atoms with E-state index in [2.05, 4.69) is 31.6 Å². The minimum Gasteiger partial charge on any atom is -0.744 e. The molecule has 0 aliphatic rings. The predicted molar refractivity (Wildman–Crippen MR) is 163 cm³/mol. The van der Waals surface area contributed by atoms with Crippen molar-refractivity contribution in [1.82, 2.24) is 9.78 Å². The van der Waals surface area contributed by atoms with Crippen molar-refractivity contribution in [3.05, 3.63) is 57.2 Å². The number of nitrogens with one attached hydrogen (secondary N) is 1. The molecule has 0 saturated heterocycles. The van der Waals surface area contributed by atoms with Crippen LogP contribution in [0.3, 0.4) is 0 Å². The number of nitriles is 1. The zero-order chi connectivity index (χ0) is 33.7. The minimum absolute atomic E-state index is 0. The molecule has 3 aromatic rings. The molecular formula is C29H30Cl2K2N6O7S. The number of benzene rings is 2. The largest absolute Gasteiger partial charge is 1.00 e. The van der Waals surface area contributed by atoms with Gasteiger partial charge in [-0.2, -0.15) is 10.4 Å². The second kappa shape index (κ2) is 19.1. The Labute approximate surface area is 368 Å². The molecule has 0 saturated carbocycles. The third-order valence-electron chi connectivity index (χ3n) is 6.75. The fraction of sp³-hybridized carbons (Fsp3) is 0.379. The van der Waals surface area contributed by atoms with Crippen LogP contribution in [0.25, 0.3) is 5.69 Å². The van der Waals surface area contributed by atoms with Crippen molar-refractivity contribution in [2.75, 3.05) is 5.32 Å². The van der Waals surface area contributed by atoms with Gasteiger partial charge in [0.1, 0.15) is 33.1 Å². The monoisotopic (exact) mass is 754 g/mol. The third-order valence-corrected chi connectivity index (χ3v) is 8.14. The molecule has 1 unspecified atom stereocenters. The van der Waals surface area contributed by atoms with Gasteiger partial charge in [0.2, 0.25) is 5.91 Å². The molecule has 1 atom stereocenters. The first-order chi connectivity index (χ1) is 21.0. The van der Waals surface area contributed by atoms with Crippen molar-refractivity contribution in [3.8, 4) is 11.8 Å². The number of anilines is 1. The molecule has 0 aliphatic heterocycles. The molecule has 3 rings (SSSR count). The SMILES string of the molecule is CCC(CCCC(=O)O[O-])c1ccc(N=Nc2c(C#N)c(C(C)(C)C)nn2-c2c(Cl)cc(S(=O)(=O)[O-])cc2Cl)c(NC(C)=O)c1.[K+].[K+]. The molecule has 0 spiro atoms. The van der Waals surface area contributed by atoms with Crippen LogP contribution in [0.1, 0.15) is 83.0 Å². The summed E-state index contributed by atoms with van der Waals surface area (Å²) >= 11 is 12.8. The summed E-state index contributed by atoms with van der Waals surface area (Å²) in [6.07, 6.45) is 1.71. The van der Waals surface area contributed by atoms with E-state index in [1.165, 1.54) is 6.92 Å². The van der Waals surface area contributed by atoms with E-state index in [1.807, 2.05) is 27.7 Å². The first-order valence-corrected chi connectivity index (χ1v) is 15.8. The molecule has 1 heterocycles. The van der Waals surface area contributed by atoms with Crippen LogP contribution in [0.2, 0.25) is 10.0 Å². The van der Waals surface area contributed by atoms with Crippen LogP contribution in [0.5, 0.6) is 0 Å². The maximum Gasteiger partial charge on any atom is 1.00 e. The summed E-state index contributed by atoms with van der Waals surface area (Å²) in [4.78, 5) is 26.2. The maximum absolute atomic E-state index is 12.1. The molecule has 1 amide bonds. The van der Waals surface area contributed by atoms with Crippen LogP contribution in [0, 0.1) is 11.3 Å². The average Bonchev–Trinajstić information content (AvgIpc) is 3.32. The first kappa shape index (κ1) is 44.4. The third kappa shape index (κ3) is 11.7. The summed E-state index contributed by atoms with van der Waals surface area (Å²) in [5, 5.41) is 35.9. The van der Waals surface area contributed by atoms with Gasteiger partial charge in [-0.1, -0.05) is 57.0 Å². The predicted octanol–water partition coefficient (Wildman–Crippen LogP) is 0.117. The molecule has 47 heavy (non-hydrogen) atoms. The van der Waals surface area contributed by atoms with Gasteiger partial charge in [-0.3, -0.25) is 9.59 Å². The zero-order valence-corrected chi connectivity index (χ0v) is 35.6. The summed E-state index contributed by atoms with van der Waals surface area (Å²) in [7, 11) is -4.88. The molecule has 0 bridgehead atoms. The second-order valence-corrected chi connectivity index (χ2v) is 13.3. The van der Waals surface area contributed by atoms with Gasteiger partial charge in [0.25, 0.3) is 5.97 Å². The van der Waals surface area contributed by atoms with Gasteiger partial charge in [0.05, 0.1) is 26.3 Å². The van der Waals surface area contributed by atoms with Crippen LogP contribution in [0.4, 0.5) is 17.2 Å². The molecule has 240 valence electrons. The molecule has 0 aliphatic carbocycles. The van der Waals surface area contributed by atoms with E-state index in [0.29, 0.717) is 30.6 Å². The van der Waals surface area contributed by atoms with Gasteiger partial charge in [0, 0.05) is 18.8 Å². The van der Waals surface area contributed by atoms with Crippen molar-refractivity contribution in [2.24, 2.45) is 10.2 Å². The normalized spacial score (nSPS) is 12.1. The van der Waals surface area contributed by atoms with E-state index in [1.54, 1.807) is 18.2 Å². The number of nitrogens with zero attached hydrogens (tertiary/aromatic N) is 5. The number of hydrogen-bond acceptors (Lipinski definition) is 11. The van der Waals surface area contributed by atoms with E-state index < -0.39 is 26.4 Å². The van der Waals surface area contributed by atoms with Gasteiger partial charge in [-0.15, -0.1) is 10.2 Å². The van der Waals surface area contributed by atoms with E-state index in [-0.39, 0.29) is 154 Å². The van der Waals surface area contributed by atoms with Crippen molar-refractivity contribution >= 4 is 62.4 Å². The molecule has 0 radical (unpaired) electrons. The number of rotatable bonds is 11. The Hall–Kier alpha value is -0.597. The summed E-state index contributed by atoms with van der Waals surface area (Å²) in [5.74, 6) is -1.30. The number of aromatic nitrogens is 2. The summed E-state index contributed by atoms with van der Waals surface area (Å²) in [6.45, 7) is 8.75. The van der Waals surface area contributed by atoms with Gasteiger partial charge in [-0.25, -0.2) is 13.1 Å². The fourth-order valence-corrected chi connectivity index (χ4v) is 5.90. The minimum atomic E-state index is -4.88. The molecular weight excluding hydrogens is 726 g/mol. The quantitative estimate of drug-likeness (QED) is 0.0928. The fourth-order valence-electron chi connectivity index (χ4n) is 4.60. The van der Waals surface area contributed by atoms with Crippen LogP contribution in [0.15, 0.2) is 45.5 Å². The Bertz CT molecular complexity index is 1780. The van der Waals surface area contributed by atoms with E-state index in [0.717, 1.165) is 22.4 Å². The molecule has 1 N–H and O–H groups in total. The van der Waals surface area contributed by atoms with E-state index >= 15 is 0 Å². The van der Waals surface area contributed by atoms with E-state index in [4.69, 9.17) is 23.2 Å². The van der Waals surface area contributed by atoms with Gasteiger partial charge in [0.15, 0.2) is 5.82 Å². The van der Waals surface area contributed by atoms with Crippen molar-refractivity contribution in [3.63, 3.8) is 0 Å². The molecule has 2 aromatic carbocycles.